The Morgan fingerprint density at radius 1 is 1.27 bits per heavy atom. The van der Waals surface area contributed by atoms with Gasteiger partial charge in [-0.15, -0.1) is 0 Å². The van der Waals surface area contributed by atoms with Crippen LogP contribution in [0.4, 0.5) is 11.5 Å². The van der Waals surface area contributed by atoms with Crippen molar-refractivity contribution in [2.75, 3.05) is 31.0 Å². The number of hydrogen-bond donors (Lipinski definition) is 1. The SMILES string of the molecule is COc1ccc(OC)c(N2C[C@H](C(=O)Nc3ccc(Cl)cn3)CC2=O)c1. The van der Waals surface area contributed by atoms with Gasteiger partial charge < -0.3 is 19.7 Å². The van der Waals surface area contributed by atoms with Crippen LogP contribution in [0.1, 0.15) is 6.42 Å². The third kappa shape index (κ3) is 3.72. The molecule has 1 fully saturated rings. The first kappa shape index (κ1) is 18.0. The van der Waals surface area contributed by atoms with E-state index in [1.165, 1.54) is 13.3 Å². The maximum atomic E-state index is 12.5. The van der Waals surface area contributed by atoms with E-state index in [1.807, 2.05) is 0 Å². The number of halogens is 1. The lowest BCUT2D eigenvalue weighted by Crippen LogP contribution is -2.28. The zero-order chi connectivity index (χ0) is 18.7. The summed E-state index contributed by atoms with van der Waals surface area (Å²) in [5.74, 6) is 0.630. The van der Waals surface area contributed by atoms with Crippen LogP contribution in [0.3, 0.4) is 0 Å². The van der Waals surface area contributed by atoms with Crippen molar-refractivity contribution in [1.29, 1.82) is 0 Å². The molecule has 7 nitrogen and oxygen atoms in total. The third-order valence-corrected chi connectivity index (χ3v) is 4.37. The number of nitrogens with zero attached hydrogens (tertiary/aromatic N) is 2. The number of rotatable bonds is 5. The molecule has 3 rings (SSSR count). The Balaban J connectivity index is 1.76. The molecular formula is C18H18ClN3O4. The Morgan fingerprint density at radius 2 is 2.08 bits per heavy atom. The molecule has 2 aromatic rings. The smallest absolute Gasteiger partial charge is 0.230 e. The monoisotopic (exact) mass is 375 g/mol. The van der Waals surface area contributed by atoms with E-state index in [2.05, 4.69) is 10.3 Å². The van der Waals surface area contributed by atoms with Gasteiger partial charge in [0.2, 0.25) is 11.8 Å². The molecule has 8 heteroatoms. The fourth-order valence-corrected chi connectivity index (χ4v) is 2.91. The van der Waals surface area contributed by atoms with E-state index in [-0.39, 0.29) is 24.8 Å². The number of carbonyl (C=O) groups excluding carboxylic acids is 2. The number of nitrogens with one attached hydrogen (secondary N) is 1. The predicted molar refractivity (Wildman–Crippen MR) is 97.9 cm³/mol. The normalized spacial score (nSPS) is 16.5. The molecule has 0 bridgehead atoms. The van der Waals surface area contributed by atoms with E-state index >= 15 is 0 Å². The number of aromatic nitrogens is 1. The van der Waals surface area contributed by atoms with E-state index in [9.17, 15) is 9.59 Å². The first-order valence-corrected chi connectivity index (χ1v) is 8.34. The molecule has 2 amide bonds. The van der Waals surface area contributed by atoms with Gasteiger partial charge in [-0.2, -0.15) is 0 Å². The van der Waals surface area contributed by atoms with Crippen molar-refractivity contribution in [2.45, 2.75) is 6.42 Å². The molecule has 1 aromatic heterocycles. The Kier molecular flexibility index (Phi) is 5.27. The van der Waals surface area contributed by atoms with Crippen LogP contribution in [0, 0.1) is 5.92 Å². The maximum Gasteiger partial charge on any atom is 0.230 e. The van der Waals surface area contributed by atoms with Gasteiger partial charge in [0.15, 0.2) is 0 Å². The summed E-state index contributed by atoms with van der Waals surface area (Å²) in [5.41, 5.74) is 0.580. The topological polar surface area (TPSA) is 80.8 Å². The molecule has 2 heterocycles. The highest BCUT2D eigenvalue weighted by Crippen LogP contribution is 2.36. The highest BCUT2D eigenvalue weighted by atomic mass is 35.5. The molecule has 1 saturated heterocycles. The summed E-state index contributed by atoms with van der Waals surface area (Å²) < 4.78 is 10.6. The molecule has 26 heavy (non-hydrogen) atoms. The standard InChI is InChI=1S/C18H18ClN3O4/c1-25-13-4-5-15(26-2)14(8-13)22-10-11(7-17(22)23)18(24)21-16-6-3-12(19)9-20-16/h3-6,8-9,11H,7,10H2,1-2H3,(H,20,21,24)/t11-/m1/s1. The first-order valence-electron chi connectivity index (χ1n) is 7.96. The summed E-state index contributed by atoms with van der Waals surface area (Å²) in [4.78, 5) is 30.5. The van der Waals surface area contributed by atoms with Gasteiger partial charge in [-0.25, -0.2) is 4.98 Å². The van der Waals surface area contributed by atoms with Gasteiger partial charge >= 0.3 is 0 Å². The van der Waals surface area contributed by atoms with Gasteiger partial charge in [-0.1, -0.05) is 11.6 Å². The second-order valence-corrected chi connectivity index (χ2v) is 6.23. The number of methoxy groups -OCH3 is 2. The number of ether oxygens (including phenoxy) is 2. The molecule has 0 unspecified atom stereocenters. The van der Waals surface area contributed by atoms with Gasteiger partial charge in [0.05, 0.1) is 30.8 Å². The zero-order valence-electron chi connectivity index (χ0n) is 14.4. The van der Waals surface area contributed by atoms with Crippen molar-refractivity contribution >= 4 is 34.9 Å². The van der Waals surface area contributed by atoms with Gasteiger partial charge in [0, 0.05) is 25.2 Å². The molecule has 0 saturated carbocycles. The van der Waals surface area contributed by atoms with Gasteiger partial charge in [-0.3, -0.25) is 9.59 Å². The minimum absolute atomic E-state index is 0.111. The molecule has 1 aromatic carbocycles. The zero-order valence-corrected chi connectivity index (χ0v) is 15.1. The summed E-state index contributed by atoms with van der Waals surface area (Å²) >= 11 is 5.79. The van der Waals surface area contributed by atoms with Crippen molar-refractivity contribution in [1.82, 2.24) is 4.98 Å². The number of benzene rings is 1. The average molecular weight is 376 g/mol. The summed E-state index contributed by atoms with van der Waals surface area (Å²) in [6.07, 6.45) is 1.56. The van der Waals surface area contributed by atoms with Crippen LogP contribution in [0.25, 0.3) is 0 Å². The molecule has 1 aliphatic heterocycles. The summed E-state index contributed by atoms with van der Waals surface area (Å²) in [6, 6.07) is 8.45. The largest absolute Gasteiger partial charge is 0.497 e. The van der Waals surface area contributed by atoms with Crippen LogP contribution in [-0.4, -0.2) is 37.6 Å². The lowest BCUT2D eigenvalue weighted by Gasteiger charge is -2.20. The summed E-state index contributed by atoms with van der Waals surface area (Å²) in [7, 11) is 3.08. The minimum Gasteiger partial charge on any atom is -0.497 e. The summed E-state index contributed by atoms with van der Waals surface area (Å²) in [6.45, 7) is 0.252. The summed E-state index contributed by atoms with van der Waals surface area (Å²) in [5, 5.41) is 3.19. The lowest BCUT2D eigenvalue weighted by atomic mass is 10.1. The van der Waals surface area contributed by atoms with E-state index < -0.39 is 5.92 Å². The quantitative estimate of drug-likeness (QED) is 0.869. The van der Waals surface area contributed by atoms with Gasteiger partial charge in [0.25, 0.3) is 0 Å². The van der Waals surface area contributed by atoms with Crippen LogP contribution in [-0.2, 0) is 9.59 Å². The van der Waals surface area contributed by atoms with Crippen LogP contribution < -0.4 is 19.7 Å². The van der Waals surface area contributed by atoms with Crippen LogP contribution in [0.15, 0.2) is 36.5 Å². The predicted octanol–water partition coefficient (Wildman–Crippen LogP) is 2.74. The van der Waals surface area contributed by atoms with Crippen molar-refractivity contribution in [3.63, 3.8) is 0 Å². The number of amides is 2. The van der Waals surface area contributed by atoms with Gasteiger partial charge in [0.1, 0.15) is 17.3 Å². The molecule has 0 radical (unpaired) electrons. The Labute approximate surface area is 155 Å². The maximum absolute atomic E-state index is 12.5. The highest BCUT2D eigenvalue weighted by Gasteiger charge is 2.36. The molecule has 0 spiro atoms. The number of carbonyl (C=O) groups is 2. The highest BCUT2D eigenvalue weighted by molar-refractivity contribution is 6.30. The van der Waals surface area contributed by atoms with E-state index in [0.29, 0.717) is 28.0 Å². The Morgan fingerprint density at radius 3 is 2.73 bits per heavy atom. The minimum atomic E-state index is -0.490. The van der Waals surface area contributed by atoms with Crippen molar-refractivity contribution in [3.8, 4) is 11.5 Å². The molecule has 136 valence electrons. The molecule has 0 aliphatic carbocycles. The third-order valence-electron chi connectivity index (χ3n) is 4.15. The number of anilines is 2. The number of pyridine rings is 1. The molecule has 1 aliphatic rings. The first-order chi connectivity index (χ1) is 12.5. The van der Waals surface area contributed by atoms with E-state index in [1.54, 1.807) is 42.3 Å². The number of hydrogen-bond acceptors (Lipinski definition) is 5. The molecule has 1 N–H and O–H groups in total. The van der Waals surface area contributed by atoms with Crippen LogP contribution in [0.5, 0.6) is 11.5 Å². The van der Waals surface area contributed by atoms with Gasteiger partial charge in [-0.05, 0) is 24.3 Å². The Hall–Kier alpha value is -2.80. The average Bonchev–Trinajstić information content (AvgIpc) is 3.04. The van der Waals surface area contributed by atoms with E-state index in [4.69, 9.17) is 21.1 Å². The van der Waals surface area contributed by atoms with Crippen LogP contribution >= 0.6 is 11.6 Å². The fourth-order valence-electron chi connectivity index (χ4n) is 2.80. The van der Waals surface area contributed by atoms with Crippen molar-refractivity contribution in [2.24, 2.45) is 5.92 Å². The molecular weight excluding hydrogens is 358 g/mol. The molecule has 1 atom stereocenters. The second-order valence-electron chi connectivity index (χ2n) is 5.79. The van der Waals surface area contributed by atoms with Crippen LogP contribution in [0.2, 0.25) is 5.02 Å². The van der Waals surface area contributed by atoms with Crippen molar-refractivity contribution in [3.05, 3.63) is 41.6 Å². The Bertz CT molecular complexity index is 826. The second kappa shape index (κ2) is 7.61. The van der Waals surface area contributed by atoms with Crippen molar-refractivity contribution < 1.29 is 19.1 Å². The van der Waals surface area contributed by atoms with E-state index in [0.717, 1.165) is 0 Å². The lowest BCUT2D eigenvalue weighted by molar-refractivity contribution is -0.122. The fraction of sp³-hybridized carbons (Fsp3) is 0.278.